The van der Waals surface area contributed by atoms with Crippen LogP contribution in [-0.2, 0) is 29.7 Å². The van der Waals surface area contributed by atoms with Crippen LogP contribution in [-0.4, -0.2) is 32.4 Å². The maximum atomic E-state index is 6.47. The van der Waals surface area contributed by atoms with Crippen molar-refractivity contribution >= 4 is 10.9 Å². The molecular formula is C32H37N2O3+. The van der Waals surface area contributed by atoms with Gasteiger partial charge in [0.1, 0.15) is 12.8 Å². The zero-order valence-corrected chi connectivity index (χ0v) is 21.6. The fourth-order valence-electron chi connectivity index (χ4n) is 5.00. The Morgan fingerprint density at radius 2 is 1.73 bits per heavy atom. The molecule has 1 aromatic heterocycles. The molecule has 1 N–H and O–H groups in total. The van der Waals surface area contributed by atoms with Crippen LogP contribution in [0.4, 0.5) is 0 Å². The molecule has 2 atom stereocenters. The van der Waals surface area contributed by atoms with E-state index in [-0.39, 0.29) is 6.10 Å². The SMILES string of the molecule is C[n+]1cccc2ccc(COC3CNCCC3c3ccc(OCCCOCc4ccccc4)cc3)cc21. The predicted octanol–water partition coefficient (Wildman–Crippen LogP) is 5.31. The van der Waals surface area contributed by atoms with Gasteiger partial charge in [0.15, 0.2) is 6.20 Å². The average Bonchev–Trinajstić information content (AvgIpc) is 2.95. The number of hydrogen-bond acceptors (Lipinski definition) is 4. The number of aromatic nitrogens is 1. The standard InChI is InChI=1S/C32H37N2O3/c1-34-18-5-9-28-11-10-26(21-31(28)34)24-37-32-22-33-17-16-30(32)27-12-14-29(15-13-27)36-20-6-19-35-23-25-7-3-2-4-8-25/h2-5,7-15,18,21,30,32-33H,6,16-17,19-20,22-24H2,1H3/q+1. The van der Waals surface area contributed by atoms with E-state index in [2.05, 4.69) is 89.9 Å². The molecule has 192 valence electrons. The predicted molar refractivity (Wildman–Crippen MR) is 147 cm³/mol. The minimum absolute atomic E-state index is 0.141. The number of fused-ring (bicyclic) bond motifs is 1. The first-order valence-corrected chi connectivity index (χ1v) is 13.3. The highest BCUT2D eigenvalue weighted by atomic mass is 16.5. The number of rotatable bonds is 11. The van der Waals surface area contributed by atoms with Crippen LogP contribution < -0.4 is 14.6 Å². The molecule has 5 heteroatoms. The van der Waals surface area contributed by atoms with Crippen molar-refractivity contribution < 1.29 is 18.8 Å². The highest BCUT2D eigenvalue weighted by Gasteiger charge is 2.27. The van der Waals surface area contributed by atoms with Gasteiger partial charge >= 0.3 is 0 Å². The third-order valence-electron chi connectivity index (χ3n) is 7.07. The zero-order valence-electron chi connectivity index (χ0n) is 21.6. The number of hydrogen-bond donors (Lipinski definition) is 1. The summed E-state index contributed by atoms with van der Waals surface area (Å²) < 4.78 is 20.3. The van der Waals surface area contributed by atoms with Crippen LogP contribution in [0.25, 0.3) is 10.9 Å². The average molecular weight is 498 g/mol. The van der Waals surface area contributed by atoms with Crippen LogP contribution in [0.2, 0.25) is 0 Å². The molecule has 1 fully saturated rings. The van der Waals surface area contributed by atoms with Crippen molar-refractivity contribution in [1.82, 2.24) is 5.32 Å². The van der Waals surface area contributed by atoms with Gasteiger partial charge in [-0.25, -0.2) is 4.57 Å². The Hall–Kier alpha value is -3.25. The fourth-order valence-corrected chi connectivity index (χ4v) is 5.00. The van der Waals surface area contributed by atoms with Crippen molar-refractivity contribution in [1.29, 1.82) is 0 Å². The zero-order chi connectivity index (χ0) is 25.3. The molecule has 0 bridgehead atoms. The number of nitrogens with zero attached hydrogens (tertiary/aromatic N) is 1. The summed E-state index contributed by atoms with van der Waals surface area (Å²) in [5.74, 6) is 1.28. The Morgan fingerprint density at radius 1 is 0.865 bits per heavy atom. The van der Waals surface area contributed by atoms with Crippen LogP contribution in [0.1, 0.15) is 35.4 Å². The van der Waals surface area contributed by atoms with Gasteiger partial charge in [0.05, 0.1) is 32.5 Å². The quantitative estimate of drug-likeness (QED) is 0.225. The molecule has 37 heavy (non-hydrogen) atoms. The minimum atomic E-state index is 0.141. The Morgan fingerprint density at radius 3 is 2.59 bits per heavy atom. The molecule has 1 aliphatic heterocycles. The van der Waals surface area contributed by atoms with Crippen molar-refractivity contribution in [2.24, 2.45) is 7.05 Å². The molecule has 1 aliphatic rings. The topological polar surface area (TPSA) is 43.6 Å². The summed E-state index contributed by atoms with van der Waals surface area (Å²) in [6, 6.07) is 29.6. The second-order valence-corrected chi connectivity index (χ2v) is 9.77. The van der Waals surface area contributed by atoms with Crippen molar-refractivity contribution in [3.8, 4) is 5.75 Å². The summed E-state index contributed by atoms with van der Waals surface area (Å²) in [4.78, 5) is 0. The third-order valence-corrected chi connectivity index (χ3v) is 7.07. The molecule has 2 unspecified atom stereocenters. The molecule has 5 rings (SSSR count). The van der Waals surface area contributed by atoms with Crippen LogP contribution in [0, 0.1) is 0 Å². The van der Waals surface area contributed by atoms with E-state index in [4.69, 9.17) is 14.2 Å². The number of ether oxygens (including phenoxy) is 3. The van der Waals surface area contributed by atoms with E-state index >= 15 is 0 Å². The molecular weight excluding hydrogens is 460 g/mol. The first kappa shape index (κ1) is 25.4. The molecule has 0 amide bonds. The molecule has 0 saturated carbocycles. The van der Waals surface area contributed by atoms with Crippen LogP contribution in [0.15, 0.2) is 91.1 Å². The van der Waals surface area contributed by atoms with Gasteiger partial charge in [0.25, 0.3) is 0 Å². The Balaban J connectivity index is 1.10. The van der Waals surface area contributed by atoms with E-state index in [0.717, 1.165) is 31.7 Å². The Kier molecular flexibility index (Phi) is 8.80. The summed E-state index contributed by atoms with van der Waals surface area (Å²) >= 11 is 0. The molecule has 5 nitrogen and oxygen atoms in total. The summed E-state index contributed by atoms with van der Waals surface area (Å²) in [5, 5.41) is 4.75. The number of benzene rings is 3. The van der Waals surface area contributed by atoms with Crippen LogP contribution >= 0.6 is 0 Å². The van der Waals surface area contributed by atoms with Crippen LogP contribution in [0.3, 0.4) is 0 Å². The first-order valence-electron chi connectivity index (χ1n) is 13.3. The monoisotopic (exact) mass is 497 g/mol. The van der Waals surface area contributed by atoms with Gasteiger partial charge in [-0.15, -0.1) is 0 Å². The van der Waals surface area contributed by atoms with Gasteiger partial charge in [-0.2, -0.15) is 0 Å². The van der Waals surface area contributed by atoms with Crippen molar-refractivity contribution in [2.75, 3.05) is 26.3 Å². The molecule has 0 aliphatic carbocycles. The lowest BCUT2D eigenvalue weighted by Gasteiger charge is -2.32. The van der Waals surface area contributed by atoms with E-state index in [1.54, 1.807) is 0 Å². The Bertz CT molecular complexity index is 1260. The lowest BCUT2D eigenvalue weighted by atomic mass is 9.87. The minimum Gasteiger partial charge on any atom is -0.494 e. The molecule has 1 saturated heterocycles. The fraction of sp³-hybridized carbons (Fsp3) is 0.344. The largest absolute Gasteiger partial charge is 0.494 e. The maximum absolute atomic E-state index is 6.47. The van der Waals surface area contributed by atoms with Gasteiger partial charge in [-0.05, 0) is 53.9 Å². The second-order valence-electron chi connectivity index (χ2n) is 9.77. The summed E-state index contributed by atoms with van der Waals surface area (Å²) in [6.45, 7) is 4.48. The number of piperidine rings is 1. The molecule has 4 aromatic rings. The second kappa shape index (κ2) is 12.8. The van der Waals surface area contributed by atoms with Gasteiger partial charge in [0.2, 0.25) is 5.52 Å². The van der Waals surface area contributed by atoms with Crippen molar-refractivity contribution in [2.45, 2.75) is 38.1 Å². The molecule has 3 aromatic carbocycles. The van der Waals surface area contributed by atoms with Gasteiger partial charge in [-0.1, -0.05) is 48.5 Å². The van der Waals surface area contributed by atoms with E-state index in [9.17, 15) is 0 Å². The van der Waals surface area contributed by atoms with Gasteiger partial charge in [-0.3, -0.25) is 0 Å². The van der Waals surface area contributed by atoms with Gasteiger partial charge in [0, 0.05) is 36.4 Å². The normalized spacial score (nSPS) is 17.6. The van der Waals surface area contributed by atoms with E-state index < -0.39 is 0 Å². The third kappa shape index (κ3) is 6.95. The van der Waals surface area contributed by atoms with Crippen LogP contribution in [0.5, 0.6) is 5.75 Å². The van der Waals surface area contributed by atoms with Crippen molar-refractivity contribution in [3.05, 3.63) is 108 Å². The number of nitrogens with one attached hydrogen (secondary N) is 1. The summed E-state index contributed by atoms with van der Waals surface area (Å²) in [5.41, 5.74) is 4.94. The first-order chi connectivity index (χ1) is 18.3. The highest BCUT2D eigenvalue weighted by Crippen LogP contribution is 2.30. The lowest BCUT2D eigenvalue weighted by molar-refractivity contribution is -0.644. The highest BCUT2D eigenvalue weighted by molar-refractivity contribution is 5.75. The van der Waals surface area contributed by atoms with E-state index in [0.29, 0.717) is 32.3 Å². The summed E-state index contributed by atoms with van der Waals surface area (Å²) in [7, 11) is 2.08. The molecule has 0 spiro atoms. The number of pyridine rings is 1. The summed E-state index contributed by atoms with van der Waals surface area (Å²) in [6.07, 6.45) is 4.16. The van der Waals surface area contributed by atoms with Crippen molar-refractivity contribution in [3.63, 3.8) is 0 Å². The smallest absolute Gasteiger partial charge is 0.212 e. The molecule has 2 heterocycles. The van der Waals surface area contributed by atoms with Gasteiger partial charge < -0.3 is 19.5 Å². The van der Waals surface area contributed by atoms with E-state index in [1.807, 2.05) is 18.2 Å². The number of aryl methyl sites for hydroxylation is 1. The Labute approximate surface area is 220 Å². The lowest BCUT2D eigenvalue weighted by Crippen LogP contribution is -2.41. The molecule has 0 radical (unpaired) electrons. The van der Waals surface area contributed by atoms with E-state index in [1.165, 1.54) is 27.6 Å². The maximum Gasteiger partial charge on any atom is 0.212 e.